The van der Waals surface area contributed by atoms with Crippen molar-refractivity contribution in [3.8, 4) is 0 Å². The molecule has 10 nitrogen and oxygen atoms in total. The Hall–Kier alpha value is -3.04. The van der Waals surface area contributed by atoms with Crippen LogP contribution in [0.15, 0.2) is 23.2 Å². The van der Waals surface area contributed by atoms with Crippen molar-refractivity contribution in [1.29, 1.82) is 0 Å². The van der Waals surface area contributed by atoms with Gasteiger partial charge in [-0.2, -0.15) is 0 Å². The first kappa shape index (κ1) is 55.0. The predicted octanol–water partition coefficient (Wildman–Crippen LogP) is 13.3. The number of unbranched alkanes of at least 4 members (excludes halogenated alkanes) is 22. The Morgan fingerprint density at radius 1 is 0.397 bits per heavy atom. The summed E-state index contributed by atoms with van der Waals surface area (Å²) in [6.45, 7) is 15.0. The van der Waals surface area contributed by atoms with Crippen LogP contribution in [-0.2, 0) is 47.9 Å². The van der Waals surface area contributed by atoms with Gasteiger partial charge in [0.05, 0.1) is 38.1 Å². The monoisotopic (exact) mass is 823 g/mol. The highest BCUT2D eigenvalue weighted by Crippen LogP contribution is 2.37. The molecule has 0 atom stereocenters. The van der Waals surface area contributed by atoms with Gasteiger partial charge in [-0.05, 0) is 32.1 Å². The minimum Gasteiger partial charge on any atom is -0.462 e. The molecule has 0 aromatic carbocycles. The van der Waals surface area contributed by atoms with Crippen molar-refractivity contribution in [2.45, 2.75) is 228 Å². The minimum absolute atomic E-state index is 0.0343. The van der Waals surface area contributed by atoms with Crippen molar-refractivity contribution in [1.82, 2.24) is 0 Å². The third-order valence-corrected chi connectivity index (χ3v) is 10.3. The lowest BCUT2D eigenvalue weighted by Crippen LogP contribution is -2.29. The van der Waals surface area contributed by atoms with E-state index in [-0.39, 0.29) is 32.0 Å². The Morgan fingerprint density at radius 3 is 1.17 bits per heavy atom. The summed E-state index contributed by atoms with van der Waals surface area (Å²) in [7, 11) is 0. The fraction of sp³-hybridized carbons (Fsp3) is 0.833. The third kappa shape index (κ3) is 29.2. The van der Waals surface area contributed by atoms with E-state index in [4.69, 9.17) is 28.7 Å². The molecular weight excluding hydrogens is 737 g/mol. The lowest BCUT2D eigenvalue weighted by molar-refractivity contribution is -0.238. The molecule has 0 spiro atoms. The van der Waals surface area contributed by atoms with Gasteiger partial charge in [-0.1, -0.05) is 196 Å². The molecule has 0 bridgehead atoms. The van der Waals surface area contributed by atoms with E-state index in [0.29, 0.717) is 32.1 Å². The van der Waals surface area contributed by atoms with Crippen LogP contribution in [0.25, 0.3) is 0 Å². The molecule has 0 saturated heterocycles. The van der Waals surface area contributed by atoms with Gasteiger partial charge in [0.25, 0.3) is 11.5 Å². The van der Waals surface area contributed by atoms with E-state index < -0.39 is 40.8 Å². The van der Waals surface area contributed by atoms with Crippen molar-refractivity contribution in [2.24, 2.45) is 5.41 Å². The van der Waals surface area contributed by atoms with Gasteiger partial charge in [0.15, 0.2) is 0 Å². The lowest BCUT2D eigenvalue weighted by Gasteiger charge is -2.28. The van der Waals surface area contributed by atoms with E-state index in [1.165, 1.54) is 12.8 Å². The molecule has 0 heterocycles. The number of carbonyl (C=O) groups is 4. The first-order valence-corrected chi connectivity index (χ1v) is 23.6. The molecular formula is C48H86O10. The SMILES string of the molecule is CCCCCCCCOC(=O)/C=C(/OO/C(C(=O)OCCCCCCCC)=C(/C(=O)OCCCCCCCC)C(C)(C)CCCCC)C(=O)OCCCCCCCC. The number of rotatable bonds is 40. The highest BCUT2D eigenvalue weighted by atomic mass is 17.2. The third-order valence-electron chi connectivity index (χ3n) is 10.3. The van der Waals surface area contributed by atoms with E-state index in [1.54, 1.807) is 0 Å². The van der Waals surface area contributed by atoms with E-state index in [0.717, 1.165) is 141 Å². The Balaban J connectivity index is 6.53. The Bertz CT molecular complexity index is 1130. The molecule has 0 saturated carbocycles. The molecule has 0 aliphatic carbocycles. The fourth-order valence-corrected chi connectivity index (χ4v) is 6.55. The molecule has 58 heavy (non-hydrogen) atoms. The second kappa shape index (κ2) is 38.2. The quantitative estimate of drug-likeness (QED) is 0.0112. The second-order valence-corrected chi connectivity index (χ2v) is 16.4. The molecule has 0 aromatic rings. The van der Waals surface area contributed by atoms with Crippen molar-refractivity contribution in [3.63, 3.8) is 0 Å². The largest absolute Gasteiger partial charge is 0.462 e. The summed E-state index contributed by atoms with van der Waals surface area (Å²) in [6.07, 6.45) is 28.2. The Morgan fingerprint density at radius 2 is 0.741 bits per heavy atom. The standard InChI is InChI=1S/C48H86O10/c1-8-13-18-22-26-31-36-53-42(49)40-41(45(50)54-37-32-27-23-19-14-9-2)57-58-44(47(52)56-39-34-29-25-21-16-11-4)43(48(6,7)35-30-17-12-5)46(51)55-38-33-28-24-20-15-10-3/h40H,8-39H2,1-7H3/b41-40+,44-43-. The molecule has 0 aliphatic heterocycles. The maximum Gasteiger partial charge on any atom is 0.379 e. The number of hydrogen-bond acceptors (Lipinski definition) is 10. The van der Waals surface area contributed by atoms with Gasteiger partial charge in [0, 0.05) is 5.41 Å². The molecule has 0 radical (unpaired) electrons. The Kier molecular flexibility index (Phi) is 36.2. The number of ether oxygens (including phenoxy) is 4. The van der Waals surface area contributed by atoms with Crippen LogP contribution in [0.1, 0.15) is 228 Å². The topological polar surface area (TPSA) is 124 Å². The van der Waals surface area contributed by atoms with Gasteiger partial charge < -0.3 is 18.9 Å². The van der Waals surface area contributed by atoms with Gasteiger partial charge in [0.2, 0.25) is 0 Å². The van der Waals surface area contributed by atoms with E-state index in [1.807, 2.05) is 13.8 Å². The van der Waals surface area contributed by atoms with Crippen molar-refractivity contribution in [3.05, 3.63) is 23.2 Å². The molecule has 0 aliphatic rings. The zero-order chi connectivity index (χ0) is 43.1. The smallest absolute Gasteiger partial charge is 0.379 e. The van der Waals surface area contributed by atoms with Crippen molar-refractivity contribution in [2.75, 3.05) is 26.4 Å². The van der Waals surface area contributed by atoms with Crippen LogP contribution in [0.3, 0.4) is 0 Å². The fourth-order valence-electron chi connectivity index (χ4n) is 6.55. The predicted molar refractivity (Wildman–Crippen MR) is 233 cm³/mol. The average molecular weight is 823 g/mol. The number of carbonyl (C=O) groups excluding carboxylic acids is 4. The lowest BCUT2D eigenvalue weighted by atomic mass is 9.78. The van der Waals surface area contributed by atoms with Crippen LogP contribution in [0.2, 0.25) is 0 Å². The zero-order valence-corrected chi connectivity index (χ0v) is 38.3. The molecule has 0 fully saturated rings. The molecule has 0 amide bonds. The highest BCUT2D eigenvalue weighted by Gasteiger charge is 2.39. The summed E-state index contributed by atoms with van der Waals surface area (Å²) in [5.41, 5.74) is -0.934. The van der Waals surface area contributed by atoms with Crippen LogP contribution >= 0.6 is 0 Å². The van der Waals surface area contributed by atoms with E-state index >= 15 is 0 Å². The van der Waals surface area contributed by atoms with E-state index in [2.05, 4.69) is 34.6 Å². The van der Waals surface area contributed by atoms with Crippen LogP contribution < -0.4 is 0 Å². The van der Waals surface area contributed by atoms with Crippen LogP contribution in [0.5, 0.6) is 0 Å². The van der Waals surface area contributed by atoms with Crippen molar-refractivity contribution >= 4 is 23.9 Å². The molecule has 0 N–H and O–H groups in total. The minimum atomic E-state index is -0.945. The molecule has 338 valence electrons. The summed E-state index contributed by atoms with van der Waals surface area (Å²) >= 11 is 0. The summed E-state index contributed by atoms with van der Waals surface area (Å²) in [5.74, 6) is -4.47. The van der Waals surface area contributed by atoms with Crippen LogP contribution in [0.4, 0.5) is 0 Å². The van der Waals surface area contributed by atoms with Crippen molar-refractivity contribution < 1.29 is 47.9 Å². The number of hydrogen-bond donors (Lipinski definition) is 0. The second-order valence-electron chi connectivity index (χ2n) is 16.4. The molecule has 0 aromatic heterocycles. The summed E-state index contributed by atoms with van der Waals surface area (Å²) in [4.78, 5) is 65.7. The summed E-state index contributed by atoms with van der Waals surface area (Å²) in [6, 6.07) is 0. The first-order chi connectivity index (χ1) is 28.1. The van der Waals surface area contributed by atoms with Crippen LogP contribution in [0, 0.1) is 5.41 Å². The van der Waals surface area contributed by atoms with Gasteiger partial charge in [-0.25, -0.2) is 19.2 Å². The molecule has 0 unspecified atom stereocenters. The van der Waals surface area contributed by atoms with Gasteiger partial charge in [-0.15, -0.1) is 0 Å². The van der Waals surface area contributed by atoms with Gasteiger partial charge in [0.1, 0.15) is 0 Å². The molecule has 10 heteroatoms. The van der Waals surface area contributed by atoms with Crippen LogP contribution in [-0.4, -0.2) is 50.3 Å². The summed E-state index contributed by atoms with van der Waals surface area (Å²) in [5, 5.41) is 0. The first-order valence-electron chi connectivity index (χ1n) is 23.6. The normalized spacial score (nSPS) is 12.2. The zero-order valence-electron chi connectivity index (χ0n) is 38.3. The maximum absolute atomic E-state index is 14.0. The summed E-state index contributed by atoms with van der Waals surface area (Å²) < 4.78 is 22.4. The molecule has 0 rings (SSSR count). The van der Waals surface area contributed by atoms with Gasteiger partial charge in [-0.3, -0.25) is 9.78 Å². The number of esters is 4. The Labute approximate surface area is 354 Å². The maximum atomic E-state index is 14.0. The van der Waals surface area contributed by atoms with E-state index in [9.17, 15) is 19.2 Å². The average Bonchev–Trinajstić information content (AvgIpc) is 3.20. The van der Waals surface area contributed by atoms with Gasteiger partial charge >= 0.3 is 23.9 Å². The highest BCUT2D eigenvalue weighted by molar-refractivity contribution is 6.00.